The van der Waals surface area contributed by atoms with Crippen molar-refractivity contribution in [3.8, 4) is 17.1 Å². The van der Waals surface area contributed by atoms with E-state index in [-0.39, 0.29) is 0 Å². The predicted molar refractivity (Wildman–Crippen MR) is 122 cm³/mol. The van der Waals surface area contributed by atoms with Gasteiger partial charge in [-0.1, -0.05) is 18.2 Å². The number of aromatic amines is 1. The van der Waals surface area contributed by atoms with Gasteiger partial charge >= 0.3 is 0 Å². The molecule has 2 fully saturated rings. The third-order valence-corrected chi connectivity index (χ3v) is 6.33. The number of anilines is 1. The van der Waals surface area contributed by atoms with Crippen molar-refractivity contribution in [3.05, 3.63) is 54.6 Å². The molecule has 0 bridgehead atoms. The molecule has 0 unspecified atom stereocenters. The Morgan fingerprint density at radius 2 is 1.69 bits per heavy atom. The summed E-state index contributed by atoms with van der Waals surface area (Å²) in [6.45, 7) is 4.64. The monoisotopic (exact) mass is 430 g/mol. The fraction of sp³-hybridized carbons (Fsp3) is 0.375. The molecule has 2 aliphatic rings. The maximum atomic E-state index is 5.56. The lowest BCUT2D eigenvalue weighted by molar-refractivity contribution is 0.0835. The summed E-state index contributed by atoms with van der Waals surface area (Å²) in [5.74, 6) is 2.95. The van der Waals surface area contributed by atoms with Crippen LogP contribution in [-0.2, 0) is 9.47 Å². The summed E-state index contributed by atoms with van der Waals surface area (Å²) in [7, 11) is 0. The normalized spacial score (nSPS) is 17.8. The van der Waals surface area contributed by atoms with Crippen LogP contribution in [-0.4, -0.2) is 64.2 Å². The van der Waals surface area contributed by atoms with Crippen molar-refractivity contribution in [3.63, 3.8) is 0 Å². The minimum atomic E-state index is 0.312. The number of H-pyrrole nitrogens is 1. The number of ether oxygens (including phenoxy) is 2. The molecular weight excluding hydrogens is 404 g/mol. The number of aromatic nitrogens is 5. The molecule has 6 rings (SSSR count). The molecule has 3 aromatic heterocycles. The highest BCUT2D eigenvalue weighted by Crippen LogP contribution is 2.30. The van der Waals surface area contributed by atoms with E-state index in [1.807, 2.05) is 35.3 Å². The molecule has 4 aromatic rings. The Bertz CT molecular complexity index is 1180. The van der Waals surface area contributed by atoms with Crippen molar-refractivity contribution in [1.29, 1.82) is 0 Å². The van der Waals surface area contributed by atoms with Crippen LogP contribution in [0.4, 0.5) is 5.82 Å². The van der Waals surface area contributed by atoms with Crippen LogP contribution in [0.3, 0.4) is 0 Å². The first-order valence-corrected chi connectivity index (χ1v) is 11.3. The number of hydrogen-bond acceptors (Lipinski definition) is 6. The lowest BCUT2D eigenvalue weighted by Gasteiger charge is -2.29. The van der Waals surface area contributed by atoms with Crippen LogP contribution in [0.5, 0.6) is 0 Å². The molecule has 0 radical (unpaired) electrons. The predicted octanol–water partition coefficient (Wildman–Crippen LogP) is 3.54. The van der Waals surface area contributed by atoms with Gasteiger partial charge in [-0.2, -0.15) is 5.10 Å². The third-order valence-electron chi connectivity index (χ3n) is 6.33. The van der Waals surface area contributed by atoms with Crippen LogP contribution in [0.15, 0.2) is 48.8 Å². The first kappa shape index (κ1) is 19.5. The molecular formula is C24H26N6O2. The Balaban J connectivity index is 1.39. The van der Waals surface area contributed by atoms with E-state index < -0.39 is 0 Å². The number of nitrogens with zero attached hydrogens (tertiary/aromatic N) is 5. The Hall–Kier alpha value is -3.23. The molecule has 1 aromatic carbocycles. The van der Waals surface area contributed by atoms with Crippen LogP contribution in [0.25, 0.3) is 28.0 Å². The van der Waals surface area contributed by atoms with Crippen LogP contribution < -0.4 is 4.90 Å². The van der Waals surface area contributed by atoms with E-state index in [0.29, 0.717) is 5.92 Å². The van der Waals surface area contributed by atoms with Crippen molar-refractivity contribution < 1.29 is 9.47 Å². The van der Waals surface area contributed by atoms with E-state index >= 15 is 0 Å². The van der Waals surface area contributed by atoms with E-state index in [4.69, 9.17) is 24.5 Å². The molecule has 32 heavy (non-hydrogen) atoms. The van der Waals surface area contributed by atoms with Crippen LogP contribution in [0, 0.1) is 0 Å². The lowest BCUT2D eigenvalue weighted by Crippen LogP contribution is -2.37. The molecule has 0 saturated carbocycles. The number of para-hydroxylation sites is 1. The topological polar surface area (TPSA) is 81.1 Å². The van der Waals surface area contributed by atoms with E-state index in [2.05, 4.69) is 28.1 Å². The highest BCUT2D eigenvalue weighted by molar-refractivity contribution is 5.94. The quantitative estimate of drug-likeness (QED) is 0.533. The van der Waals surface area contributed by atoms with E-state index in [1.54, 1.807) is 0 Å². The van der Waals surface area contributed by atoms with E-state index in [0.717, 1.165) is 92.0 Å². The van der Waals surface area contributed by atoms with E-state index in [1.165, 1.54) is 0 Å². The molecule has 164 valence electrons. The lowest BCUT2D eigenvalue weighted by atomic mass is 9.99. The highest BCUT2D eigenvalue weighted by Gasteiger charge is 2.23. The smallest absolute Gasteiger partial charge is 0.159 e. The summed E-state index contributed by atoms with van der Waals surface area (Å²) in [5.41, 5.74) is 3.11. The number of rotatable bonds is 4. The van der Waals surface area contributed by atoms with Crippen molar-refractivity contribution in [1.82, 2.24) is 24.7 Å². The number of benzene rings is 1. The van der Waals surface area contributed by atoms with Gasteiger partial charge in [-0.25, -0.2) is 14.6 Å². The van der Waals surface area contributed by atoms with Gasteiger partial charge in [-0.15, -0.1) is 0 Å². The van der Waals surface area contributed by atoms with Gasteiger partial charge in [0.15, 0.2) is 5.82 Å². The van der Waals surface area contributed by atoms with E-state index in [9.17, 15) is 0 Å². The summed E-state index contributed by atoms with van der Waals surface area (Å²) >= 11 is 0. The Morgan fingerprint density at radius 1 is 0.906 bits per heavy atom. The third kappa shape index (κ3) is 3.65. The summed E-state index contributed by atoms with van der Waals surface area (Å²) in [6, 6.07) is 12.4. The zero-order chi connectivity index (χ0) is 21.3. The minimum Gasteiger partial charge on any atom is -0.381 e. The van der Waals surface area contributed by atoms with Crippen molar-refractivity contribution in [2.45, 2.75) is 18.8 Å². The van der Waals surface area contributed by atoms with Gasteiger partial charge in [0.1, 0.15) is 11.6 Å². The van der Waals surface area contributed by atoms with Gasteiger partial charge in [0, 0.05) is 67.1 Å². The largest absolute Gasteiger partial charge is 0.381 e. The Kier molecular flexibility index (Phi) is 5.09. The molecule has 5 heterocycles. The van der Waals surface area contributed by atoms with Gasteiger partial charge in [0.05, 0.1) is 18.9 Å². The number of hydrogen-bond donors (Lipinski definition) is 1. The average molecular weight is 431 g/mol. The fourth-order valence-electron chi connectivity index (χ4n) is 4.53. The number of morpholine rings is 1. The fourth-order valence-corrected chi connectivity index (χ4v) is 4.53. The molecule has 2 aliphatic heterocycles. The molecule has 0 spiro atoms. The molecule has 1 N–H and O–H groups in total. The molecule has 0 amide bonds. The zero-order valence-electron chi connectivity index (χ0n) is 17.9. The Labute approximate surface area is 186 Å². The maximum Gasteiger partial charge on any atom is 0.159 e. The van der Waals surface area contributed by atoms with Gasteiger partial charge in [0.25, 0.3) is 0 Å². The first-order valence-electron chi connectivity index (χ1n) is 11.3. The summed E-state index contributed by atoms with van der Waals surface area (Å²) in [4.78, 5) is 15.5. The van der Waals surface area contributed by atoms with Gasteiger partial charge in [0.2, 0.25) is 0 Å². The molecule has 8 heteroatoms. The summed E-state index contributed by atoms with van der Waals surface area (Å²) in [5, 5.41) is 6.05. The second-order valence-electron chi connectivity index (χ2n) is 8.32. The standard InChI is InChI=1S/C24H26N6O2/c1-2-4-20-18(3-1)19(16-25-20)21-5-8-30(28-21)23-15-22(29-9-13-32-14-10-29)26-24(27-23)17-6-11-31-12-7-17/h1-5,8,15-17,25H,6-7,9-14H2. The Morgan fingerprint density at radius 3 is 2.56 bits per heavy atom. The zero-order valence-corrected chi connectivity index (χ0v) is 17.9. The number of fused-ring (bicyclic) bond motifs is 1. The van der Waals surface area contributed by atoms with Crippen LogP contribution in [0.2, 0.25) is 0 Å². The van der Waals surface area contributed by atoms with Crippen LogP contribution in [0.1, 0.15) is 24.6 Å². The highest BCUT2D eigenvalue weighted by atomic mass is 16.5. The summed E-state index contributed by atoms with van der Waals surface area (Å²) in [6.07, 6.45) is 5.90. The van der Waals surface area contributed by atoms with Gasteiger partial charge in [-0.3, -0.25) is 0 Å². The van der Waals surface area contributed by atoms with Crippen molar-refractivity contribution in [2.24, 2.45) is 0 Å². The summed E-state index contributed by atoms with van der Waals surface area (Å²) < 4.78 is 13.0. The first-order chi connectivity index (χ1) is 15.8. The molecule has 0 aliphatic carbocycles. The molecule has 2 saturated heterocycles. The van der Waals surface area contributed by atoms with Gasteiger partial charge < -0.3 is 19.4 Å². The maximum absolute atomic E-state index is 5.56. The molecule has 0 atom stereocenters. The molecule has 8 nitrogen and oxygen atoms in total. The number of nitrogens with one attached hydrogen (secondary N) is 1. The average Bonchev–Trinajstić information content (AvgIpc) is 3.52. The van der Waals surface area contributed by atoms with Crippen molar-refractivity contribution >= 4 is 16.7 Å². The second kappa shape index (κ2) is 8.37. The SMILES string of the molecule is c1ccc2c(-c3ccn(-c4cc(N5CCOCC5)nc(C5CCOCC5)n4)n3)c[nH]c2c1. The van der Waals surface area contributed by atoms with Crippen LogP contribution >= 0.6 is 0 Å². The minimum absolute atomic E-state index is 0.312. The second-order valence-corrected chi connectivity index (χ2v) is 8.32. The van der Waals surface area contributed by atoms with Crippen molar-refractivity contribution in [2.75, 3.05) is 44.4 Å². The van der Waals surface area contributed by atoms with Gasteiger partial charge in [-0.05, 0) is 25.0 Å².